The Hall–Kier alpha value is -3.81. The van der Waals surface area contributed by atoms with E-state index < -0.39 is 36.5 Å². The molecule has 3 atom stereocenters. The summed E-state index contributed by atoms with van der Waals surface area (Å²) in [5.74, 6) is -1.44. The molecule has 2 amide bonds. The summed E-state index contributed by atoms with van der Waals surface area (Å²) in [5.41, 5.74) is 4.89. The van der Waals surface area contributed by atoms with E-state index in [2.05, 4.69) is 5.32 Å². The monoisotopic (exact) mass is 486 g/mol. The van der Waals surface area contributed by atoms with Crippen molar-refractivity contribution in [1.82, 2.24) is 10.2 Å². The molecule has 0 saturated heterocycles. The summed E-state index contributed by atoms with van der Waals surface area (Å²) in [6, 6.07) is 23.3. The fourth-order valence-corrected chi connectivity index (χ4v) is 4.56. The van der Waals surface area contributed by atoms with E-state index in [1.54, 1.807) is 0 Å². The van der Waals surface area contributed by atoms with Crippen LogP contribution in [0.25, 0.3) is 11.1 Å². The number of carbonyl (C=O) groups excluding carboxylic acids is 3. The van der Waals surface area contributed by atoms with E-state index in [4.69, 9.17) is 0 Å². The van der Waals surface area contributed by atoms with E-state index in [0.29, 0.717) is 6.42 Å². The number of benzene rings is 3. The average Bonchev–Trinajstić information content (AvgIpc) is 2.91. The number of hydrogen-bond acceptors (Lipinski definition) is 5. The Morgan fingerprint density at radius 1 is 0.917 bits per heavy atom. The Kier molecular flexibility index (Phi) is 7.93. The maximum absolute atomic E-state index is 13.4. The third-order valence-electron chi connectivity index (χ3n) is 6.57. The highest BCUT2D eigenvalue weighted by Gasteiger charge is 2.36. The van der Waals surface area contributed by atoms with Crippen LogP contribution in [0.4, 0.5) is 0 Å². The number of carbonyl (C=O) groups is 3. The summed E-state index contributed by atoms with van der Waals surface area (Å²) in [7, 11) is 0. The van der Waals surface area contributed by atoms with Crippen LogP contribution in [0.15, 0.2) is 78.9 Å². The van der Waals surface area contributed by atoms with Crippen LogP contribution in [0.2, 0.25) is 0 Å². The molecule has 3 N–H and O–H groups in total. The van der Waals surface area contributed by atoms with Crippen molar-refractivity contribution in [2.45, 2.75) is 44.5 Å². The number of Topliss-reactive ketones (excluding diaryl/α,β-unsaturated/α-hetero) is 1. The predicted octanol–water partition coefficient (Wildman–Crippen LogP) is 2.28. The zero-order valence-corrected chi connectivity index (χ0v) is 20.1. The molecule has 3 aromatic carbocycles. The number of aliphatic hydroxyl groups excluding tert-OH is 2. The molecule has 0 aliphatic carbocycles. The molecule has 0 unspecified atom stereocenters. The normalized spacial score (nSPS) is 16.5. The van der Waals surface area contributed by atoms with Gasteiger partial charge in [-0.05, 0) is 34.7 Å². The number of nitrogens with zero attached hydrogens (tertiary/aromatic N) is 1. The van der Waals surface area contributed by atoms with Gasteiger partial charge < -0.3 is 20.4 Å². The summed E-state index contributed by atoms with van der Waals surface area (Å²) in [5, 5.41) is 21.7. The fourth-order valence-electron chi connectivity index (χ4n) is 4.56. The van der Waals surface area contributed by atoms with Gasteiger partial charge in [0, 0.05) is 13.0 Å². The molecule has 3 aromatic rings. The van der Waals surface area contributed by atoms with Gasteiger partial charge in [-0.2, -0.15) is 0 Å². The van der Waals surface area contributed by atoms with Gasteiger partial charge in [-0.15, -0.1) is 0 Å². The van der Waals surface area contributed by atoms with Crippen molar-refractivity contribution < 1.29 is 24.6 Å². The molecule has 1 heterocycles. The van der Waals surface area contributed by atoms with E-state index in [1.165, 1.54) is 11.8 Å². The van der Waals surface area contributed by atoms with E-state index in [1.807, 2.05) is 78.9 Å². The molecule has 0 spiro atoms. The highest BCUT2D eigenvalue weighted by Crippen LogP contribution is 2.25. The Balaban J connectivity index is 1.54. The van der Waals surface area contributed by atoms with Crippen molar-refractivity contribution in [2.75, 3.05) is 6.61 Å². The van der Waals surface area contributed by atoms with Crippen LogP contribution in [0.5, 0.6) is 0 Å². The number of hydrogen-bond donors (Lipinski definition) is 3. The molecule has 0 aromatic heterocycles. The van der Waals surface area contributed by atoms with Crippen molar-refractivity contribution in [3.8, 4) is 11.1 Å². The molecule has 1 aliphatic heterocycles. The van der Waals surface area contributed by atoms with Crippen molar-refractivity contribution in [1.29, 1.82) is 0 Å². The molecule has 0 radical (unpaired) electrons. The van der Waals surface area contributed by atoms with Gasteiger partial charge in [0.05, 0.1) is 12.5 Å². The first-order valence-electron chi connectivity index (χ1n) is 12.0. The minimum absolute atomic E-state index is 0.121. The number of fused-ring (bicyclic) bond motifs is 1. The van der Waals surface area contributed by atoms with Crippen molar-refractivity contribution in [3.63, 3.8) is 0 Å². The second-order valence-electron chi connectivity index (χ2n) is 9.10. The molecule has 0 bridgehead atoms. The first-order valence-corrected chi connectivity index (χ1v) is 12.0. The number of amides is 2. The van der Waals surface area contributed by atoms with Crippen molar-refractivity contribution in [2.24, 2.45) is 0 Å². The lowest BCUT2D eigenvalue weighted by Gasteiger charge is -2.37. The van der Waals surface area contributed by atoms with Crippen LogP contribution in [0.1, 0.15) is 23.6 Å². The number of nitrogens with one attached hydrogen (secondary N) is 1. The van der Waals surface area contributed by atoms with Gasteiger partial charge in [-0.1, -0.05) is 78.9 Å². The third kappa shape index (κ3) is 5.70. The molecule has 1 aliphatic rings. The second-order valence-corrected chi connectivity index (χ2v) is 9.10. The molecule has 0 fully saturated rings. The lowest BCUT2D eigenvalue weighted by molar-refractivity contribution is -0.143. The van der Waals surface area contributed by atoms with Crippen LogP contribution in [-0.2, 0) is 33.8 Å². The summed E-state index contributed by atoms with van der Waals surface area (Å²) < 4.78 is 0. The molecular weight excluding hydrogens is 456 g/mol. The quantitative estimate of drug-likeness (QED) is 0.453. The van der Waals surface area contributed by atoms with Crippen molar-refractivity contribution >= 4 is 17.6 Å². The molecule has 36 heavy (non-hydrogen) atoms. The average molecular weight is 487 g/mol. The topological polar surface area (TPSA) is 107 Å². The van der Waals surface area contributed by atoms with Gasteiger partial charge in [0.15, 0.2) is 5.78 Å². The number of aliphatic hydroxyl groups is 2. The molecule has 186 valence electrons. The highest BCUT2D eigenvalue weighted by atomic mass is 16.3. The molecule has 7 nitrogen and oxygen atoms in total. The SMILES string of the molecule is C[C@@H](O)[C@H](NC(=O)[C@@H]1Cc2ccccc2CN1C(=O)Cc1ccc(-c2ccccc2)cc1)C(=O)CO. The molecule has 4 rings (SSSR count). The smallest absolute Gasteiger partial charge is 0.243 e. The van der Waals surface area contributed by atoms with E-state index in [-0.39, 0.29) is 18.9 Å². The number of rotatable bonds is 8. The second kappa shape index (κ2) is 11.3. The van der Waals surface area contributed by atoms with Gasteiger partial charge in [0.1, 0.15) is 18.7 Å². The van der Waals surface area contributed by atoms with Crippen LogP contribution < -0.4 is 5.32 Å². The van der Waals surface area contributed by atoms with Gasteiger partial charge in [0.2, 0.25) is 11.8 Å². The standard InChI is InChI=1S/C29H30N2O5/c1-19(33)28(26(34)18-32)30-29(36)25-16-23-9-5-6-10-24(23)17-31(25)27(35)15-20-11-13-22(14-12-20)21-7-3-2-4-8-21/h2-14,19,25,28,32-33H,15-18H2,1H3,(H,30,36)/t19-,25+,28+/m1/s1. The summed E-state index contributed by atoms with van der Waals surface area (Å²) >= 11 is 0. The first-order chi connectivity index (χ1) is 17.4. The van der Waals surface area contributed by atoms with E-state index in [9.17, 15) is 24.6 Å². The van der Waals surface area contributed by atoms with Crippen LogP contribution in [0.3, 0.4) is 0 Å². The van der Waals surface area contributed by atoms with Crippen LogP contribution in [0, 0.1) is 0 Å². The van der Waals surface area contributed by atoms with E-state index in [0.717, 1.165) is 27.8 Å². The Morgan fingerprint density at radius 2 is 1.53 bits per heavy atom. The maximum Gasteiger partial charge on any atom is 0.243 e. The zero-order chi connectivity index (χ0) is 25.7. The molecular formula is C29H30N2O5. The minimum Gasteiger partial charge on any atom is -0.391 e. The van der Waals surface area contributed by atoms with Gasteiger partial charge >= 0.3 is 0 Å². The highest BCUT2D eigenvalue weighted by molar-refractivity contribution is 5.94. The molecule has 0 saturated carbocycles. The zero-order valence-electron chi connectivity index (χ0n) is 20.1. The van der Waals surface area contributed by atoms with Crippen molar-refractivity contribution in [3.05, 3.63) is 95.6 Å². The minimum atomic E-state index is -1.25. The Labute approximate surface area is 210 Å². The summed E-state index contributed by atoms with van der Waals surface area (Å²) in [4.78, 5) is 40.3. The summed E-state index contributed by atoms with van der Waals surface area (Å²) in [6.45, 7) is 0.837. The Morgan fingerprint density at radius 3 is 2.17 bits per heavy atom. The van der Waals surface area contributed by atoms with Gasteiger partial charge in [-0.3, -0.25) is 14.4 Å². The fraction of sp³-hybridized carbons (Fsp3) is 0.276. The maximum atomic E-state index is 13.4. The van der Waals surface area contributed by atoms with Crippen LogP contribution >= 0.6 is 0 Å². The predicted molar refractivity (Wildman–Crippen MR) is 136 cm³/mol. The van der Waals surface area contributed by atoms with E-state index >= 15 is 0 Å². The Bertz CT molecular complexity index is 1220. The lowest BCUT2D eigenvalue weighted by atomic mass is 9.92. The van der Waals surface area contributed by atoms with Crippen LogP contribution in [-0.4, -0.2) is 57.5 Å². The van der Waals surface area contributed by atoms with Gasteiger partial charge in [0.25, 0.3) is 0 Å². The first kappa shape index (κ1) is 25.3. The third-order valence-corrected chi connectivity index (χ3v) is 6.57. The lowest BCUT2D eigenvalue weighted by Crippen LogP contribution is -2.58. The number of ketones is 1. The van der Waals surface area contributed by atoms with Gasteiger partial charge in [-0.25, -0.2) is 0 Å². The largest absolute Gasteiger partial charge is 0.391 e. The molecule has 7 heteroatoms. The summed E-state index contributed by atoms with van der Waals surface area (Å²) in [6.07, 6.45) is -0.770.